The number of carbonyl (C=O) groups excluding carboxylic acids is 2. The number of nitrogens with one attached hydrogen (secondary N) is 2. The molecule has 0 fully saturated rings. The lowest BCUT2D eigenvalue weighted by Gasteiger charge is -2.14. The van der Waals surface area contributed by atoms with Crippen LogP contribution in [0.25, 0.3) is 0 Å². The van der Waals surface area contributed by atoms with Crippen LogP contribution in [0.4, 0.5) is 11.4 Å². The summed E-state index contributed by atoms with van der Waals surface area (Å²) >= 11 is 5.97. The molecule has 0 saturated carbocycles. The highest BCUT2D eigenvalue weighted by atomic mass is 35.5. The molecule has 12 heteroatoms. The van der Waals surface area contributed by atoms with Gasteiger partial charge >= 0.3 is 5.97 Å². The standard InChI is InChI=1S/C23H20ClN3O7S/c1-15(22(28)26-21-13-18(27(30)31)10-11-20(21)24)34-23(29)17-8-5-9-19(12-17)35(32,33)25-14-16-6-3-2-4-7-16/h2-13,15,25H,14H2,1H3,(H,26,28)/t15-/m1/s1. The van der Waals surface area contributed by atoms with Gasteiger partial charge in [0.15, 0.2) is 6.10 Å². The van der Waals surface area contributed by atoms with Crippen LogP contribution >= 0.6 is 11.6 Å². The molecule has 0 heterocycles. The maximum atomic E-state index is 12.6. The molecule has 0 bridgehead atoms. The third-order valence-corrected chi connectivity index (χ3v) is 6.49. The average Bonchev–Trinajstić information content (AvgIpc) is 2.84. The SMILES string of the molecule is C[C@@H](OC(=O)c1cccc(S(=O)(=O)NCc2ccccc2)c1)C(=O)Nc1cc([N+](=O)[O-])ccc1Cl. The molecule has 1 atom stereocenters. The van der Waals surface area contributed by atoms with Gasteiger partial charge in [-0.2, -0.15) is 0 Å². The predicted molar refractivity (Wildman–Crippen MR) is 129 cm³/mol. The van der Waals surface area contributed by atoms with Crippen molar-refractivity contribution < 1.29 is 27.7 Å². The molecule has 2 N–H and O–H groups in total. The molecule has 0 aliphatic rings. The van der Waals surface area contributed by atoms with Gasteiger partial charge in [0.2, 0.25) is 10.0 Å². The Labute approximate surface area is 206 Å². The molecule has 0 unspecified atom stereocenters. The van der Waals surface area contributed by atoms with Crippen LogP contribution in [-0.2, 0) is 26.1 Å². The zero-order chi connectivity index (χ0) is 25.6. The zero-order valence-electron chi connectivity index (χ0n) is 18.3. The van der Waals surface area contributed by atoms with Crippen LogP contribution in [0.2, 0.25) is 5.02 Å². The Hall–Kier alpha value is -3.80. The molecule has 0 aliphatic heterocycles. The Balaban J connectivity index is 1.66. The van der Waals surface area contributed by atoms with Crippen molar-refractivity contribution in [2.45, 2.75) is 24.5 Å². The molecular weight excluding hydrogens is 498 g/mol. The fourth-order valence-corrected chi connectivity index (χ4v) is 4.11. The molecule has 3 aromatic carbocycles. The fraction of sp³-hybridized carbons (Fsp3) is 0.130. The van der Waals surface area contributed by atoms with E-state index in [1.165, 1.54) is 37.3 Å². The summed E-state index contributed by atoms with van der Waals surface area (Å²) in [6, 6.07) is 17.6. The fourth-order valence-electron chi connectivity index (χ4n) is 2.89. The topological polar surface area (TPSA) is 145 Å². The van der Waals surface area contributed by atoms with Gasteiger partial charge in [-0.1, -0.05) is 48.0 Å². The molecule has 1 amide bonds. The van der Waals surface area contributed by atoms with Crippen molar-refractivity contribution in [3.05, 3.63) is 99.1 Å². The highest BCUT2D eigenvalue weighted by Gasteiger charge is 2.22. The normalized spacial score (nSPS) is 11.9. The van der Waals surface area contributed by atoms with Crippen LogP contribution in [0, 0.1) is 10.1 Å². The summed E-state index contributed by atoms with van der Waals surface area (Å²) in [6.07, 6.45) is -1.31. The predicted octanol–water partition coefficient (Wildman–Crippen LogP) is 3.91. The van der Waals surface area contributed by atoms with Gasteiger partial charge in [0.05, 0.1) is 26.1 Å². The van der Waals surface area contributed by atoms with Crippen molar-refractivity contribution in [3.63, 3.8) is 0 Å². The van der Waals surface area contributed by atoms with Gasteiger partial charge in [-0.15, -0.1) is 0 Å². The summed E-state index contributed by atoms with van der Waals surface area (Å²) in [5.41, 5.74) is 0.371. The molecule has 0 saturated heterocycles. The van der Waals surface area contributed by atoms with Crippen LogP contribution < -0.4 is 10.0 Å². The minimum absolute atomic E-state index is 0.0219. The van der Waals surface area contributed by atoms with Crippen LogP contribution in [0.15, 0.2) is 77.7 Å². The molecule has 35 heavy (non-hydrogen) atoms. The Morgan fingerprint density at radius 3 is 2.46 bits per heavy atom. The number of rotatable bonds is 9. The van der Waals surface area contributed by atoms with Crippen LogP contribution in [-0.4, -0.2) is 31.3 Å². The van der Waals surface area contributed by atoms with Crippen molar-refractivity contribution in [2.75, 3.05) is 5.32 Å². The quantitative estimate of drug-likeness (QED) is 0.248. The van der Waals surface area contributed by atoms with Gasteiger partial charge in [-0.05, 0) is 36.8 Å². The molecular formula is C23H20ClN3O7S. The number of ether oxygens (including phenoxy) is 1. The van der Waals surface area contributed by atoms with Gasteiger partial charge < -0.3 is 10.1 Å². The number of nitro groups is 1. The van der Waals surface area contributed by atoms with E-state index >= 15 is 0 Å². The number of carbonyl (C=O) groups is 2. The largest absolute Gasteiger partial charge is 0.449 e. The number of halogens is 1. The van der Waals surface area contributed by atoms with Gasteiger partial charge in [0.1, 0.15) is 0 Å². The second-order valence-electron chi connectivity index (χ2n) is 7.30. The van der Waals surface area contributed by atoms with Crippen molar-refractivity contribution in [1.82, 2.24) is 4.72 Å². The summed E-state index contributed by atoms with van der Waals surface area (Å²) < 4.78 is 32.9. The third-order valence-electron chi connectivity index (χ3n) is 4.76. The first kappa shape index (κ1) is 25.8. The number of benzene rings is 3. The summed E-state index contributed by atoms with van der Waals surface area (Å²) in [7, 11) is -3.92. The van der Waals surface area contributed by atoms with E-state index in [0.717, 1.165) is 17.7 Å². The lowest BCUT2D eigenvalue weighted by Crippen LogP contribution is -2.30. The first-order valence-corrected chi connectivity index (χ1v) is 12.0. The molecule has 3 rings (SSSR count). The zero-order valence-corrected chi connectivity index (χ0v) is 19.9. The lowest BCUT2D eigenvalue weighted by atomic mass is 10.2. The van der Waals surface area contributed by atoms with E-state index in [9.17, 15) is 28.1 Å². The number of amides is 1. The first-order valence-electron chi connectivity index (χ1n) is 10.2. The molecule has 10 nitrogen and oxygen atoms in total. The monoisotopic (exact) mass is 517 g/mol. The van der Waals surface area contributed by atoms with E-state index in [-0.39, 0.29) is 33.4 Å². The number of hydrogen-bond acceptors (Lipinski definition) is 7. The van der Waals surface area contributed by atoms with Gasteiger partial charge in [0.25, 0.3) is 11.6 Å². The third kappa shape index (κ3) is 6.85. The molecule has 182 valence electrons. The van der Waals surface area contributed by atoms with E-state index in [1.54, 1.807) is 24.3 Å². The number of hydrogen-bond donors (Lipinski definition) is 2. The molecule has 0 radical (unpaired) electrons. The summed E-state index contributed by atoms with van der Waals surface area (Å²) in [4.78, 5) is 35.1. The van der Waals surface area contributed by atoms with Crippen LogP contribution in [0.5, 0.6) is 0 Å². The minimum atomic E-state index is -3.92. The number of non-ortho nitro benzene ring substituents is 1. The number of anilines is 1. The van der Waals surface area contributed by atoms with Gasteiger partial charge in [-0.3, -0.25) is 14.9 Å². The maximum Gasteiger partial charge on any atom is 0.338 e. The summed E-state index contributed by atoms with van der Waals surface area (Å²) in [6.45, 7) is 1.36. The molecule has 3 aromatic rings. The second-order valence-corrected chi connectivity index (χ2v) is 9.47. The lowest BCUT2D eigenvalue weighted by molar-refractivity contribution is -0.384. The second kappa shape index (κ2) is 11.1. The minimum Gasteiger partial charge on any atom is -0.449 e. The number of esters is 1. The summed E-state index contributed by atoms with van der Waals surface area (Å²) in [5.74, 6) is -1.72. The molecule has 0 aliphatic carbocycles. The van der Waals surface area contributed by atoms with E-state index < -0.39 is 32.9 Å². The van der Waals surface area contributed by atoms with E-state index in [1.807, 2.05) is 6.07 Å². The maximum absolute atomic E-state index is 12.6. The number of sulfonamides is 1. The van der Waals surface area contributed by atoms with Crippen LogP contribution in [0.3, 0.4) is 0 Å². The van der Waals surface area contributed by atoms with E-state index in [2.05, 4.69) is 10.0 Å². The Bertz CT molecular complexity index is 1360. The van der Waals surface area contributed by atoms with Crippen molar-refractivity contribution in [3.8, 4) is 0 Å². The van der Waals surface area contributed by atoms with Gasteiger partial charge in [-0.25, -0.2) is 17.9 Å². The number of nitro benzene ring substituents is 1. The highest BCUT2D eigenvalue weighted by Crippen LogP contribution is 2.27. The van der Waals surface area contributed by atoms with E-state index in [0.29, 0.717) is 0 Å². The average molecular weight is 518 g/mol. The van der Waals surface area contributed by atoms with Crippen molar-refractivity contribution in [2.24, 2.45) is 0 Å². The molecule has 0 spiro atoms. The van der Waals surface area contributed by atoms with E-state index in [4.69, 9.17) is 16.3 Å². The van der Waals surface area contributed by atoms with Crippen molar-refractivity contribution in [1.29, 1.82) is 0 Å². The van der Waals surface area contributed by atoms with Gasteiger partial charge in [0, 0.05) is 18.7 Å². The Morgan fingerprint density at radius 2 is 1.77 bits per heavy atom. The Kier molecular flexibility index (Phi) is 8.18. The summed E-state index contributed by atoms with van der Waals surface area (Å²) in [5, 5.41) is 13.4. The Morgan fingerprint density at radius 1 is 1.06 bits per heavy atom. The number of nitrogens with zero attached hydrogens (tertiary/aromatic N) is 1. The van der Waals surface area contributed by atoms with Crippen molar-refractivity contribution >= 4 is 44.9 Å². The first-order chi connectivity index (χ1) is 16.6. The van der Waals surface area contributed by atoms with Crippen LogP contribution in [0.1, 0.15) is 22.8 Å². The molecule has 0 aromatic heterocycles. The smallest absolute Gasteiger partial charge is 0.338 e. The highest BCUT2D eigenvalue weighted by molar-refractivity contribution is 7.89.